The molecule has 5 nitrogen and oxygen atoms in total. The molecule has 6 heteroatoms. The molecule has 0 aliphatic rings. The molecule has 1 aromatic carbocycles. The van der Waals surface area contributed by atoms with Crippen LogP contribution in [0.5, 0.6) is 0 Å². The maximum absolute atomic E-state index is 11.1. The van der Waals surface area contributed by atoms with E-state index in [1.165, 1.54) is 0 Å². The Morgan fingerprint density at radius 1 is 1.30 bits per heavy atom. The third-order valence-electron chi connectivity index (χ3n) is 2.89. The summed E-state index contributed by atoms with van der Waals surface area (Å²) in [5.41, 5.74) is 2.72. The average Bonchev–Trinajstić information content (AvgIpc) is 2.97. The summed E-state index contributed by atoms with van der Waals surface area (Å²) in [4.78, 5) is 20.7. The number of pyridine rings is 1. The molecule has 0 aliphatic carbocycles. The molecule has 2 heterocycles. The molecule has 0 saturated heterocycles. The molecule has 0 aliphatic heterocycles. The van der Waals surface area contributed by atoms with E-state index < -0.39 is 5.97 Å². The number of carboxylic acids is 1. The van der Waals surface area contributed by atoms with Crippen LogP contribution in [0.2, 0.25) is 0 Å². The highest BCUT2D eigenvalue weighted by Gasteiger charge is 2.09. The van der Waals surface area contributed by atoms with Gasteiger partial charge in [-0.2, -0.15) is 0 Å². The van der Waals surface area contributed by atoms with Gasteiger partial charge < -0.3 is 10.4 Å². The zero-order valence-corrected chi connectivity index (χ0v) is 11.2. The quantitative estimate of drug-likeness (QED) is 0.770. The van der Waals surface area contributed by atoms with Crippen molar-refractivity contribution in [3.05, 3.63) is 52.5 Å². The lowest BCUT2D eigenvalue weighted by Gasteiger charge is -2.06. The van der Waals surface area contributed by atoms with E-state index in [0.717, 1.165) is 4.88 Å². The van der Waals surface area contributed by atoms with E-state index in [9.17, 15) is 4.79 Å². The molecule has 2 N–H and O–H groups in total. The Hall–Kier alpha value is -2.47. The molecular formula is C14H11N3O2S. The molecule has 20 heavy (non-hydrogen) atoms. The number of fused-ring (bicyclic) bond motifs is 1. The van der Waals surface area contributed by atoms with E-state index in [0.29, 0.717) is 23.3 Å². The smallest absolute Gasteiger partial charge is 0.336 e. The largest absolute Gasteiger partial charge is 0.478 e. The third-order valence-corrected chi connectivity index (χ3v) is 3.67. The molecule has 0 atom stereocenters. The van der Waals surface area contributed by atoms with Crippen LogP contribution >= 0.6 is 11.3 Å². The van der Waals surface area contributed by atoms with Crippen LogP contribution in [0.15, 0.2) is 42.0 Å². The number of hydrogen-bond acceptors (Lipinski definition) is 5. The van der Waals surface area contributed by atoms with Crippen molar-refractivity contribution in [2.45, 2.75) is 6.54 Å². The topological polar surface area (TPSA) is 75.1 Å². The van der Waals surface area contributed by atoms with E-state index >= 15 is 0 Å². The Morgan fingerprint density at radius 2 is 2.20 bits per heavy atom. The zero-order chi connectivity index (χ0) is 13.9. The molecule has 0 bridgehead atoms. The van der Waals surface area contributed by atoms with E-state index in [2.05, 4.69) is 15.3 Å². The molecule has 0 saturated carbocycles. The predicted molar refractivity (Wildman–Crippen MR) is 78.1 cm³/mol. The van der Waals surface area contributed by atoms with Crippen molar-refractivity contribution in [1.82, 2.24) is 9.97 Å². The van der Waals surface area contributed by atoms with E-state index in [1.54, 1.807) is 53.4 Å². The molecule has 0 amide bonds. The number of aromatic carboxylic acids is 1. The van der Waals surface area contributed by atoms with Gasteiger partial charge in [0.2, 0.25) is 0 Å². The molecule has 0 unspecified atom stereocenters. The minimum absolute atomic E-state index is 0.268. The third kappa shape index (κ3) is 2.46. The molecule has 3 aromatic rings. The van der Waals surface area contributed by atoms with Gasteiger partial charge >= 0.3 is 5.97 Å². The van der Waals surface area contributed by atoms with Gasteiger partial charge in [-0.1, -0.05) is 6.07 Å². The second-order valence-corrected chi connectivity index (χ2v) is 5.17. The fourth-order valence-corrected chi connectivity index (χ4v) is 2.48. The summed E-state index contributed by atoms with van der Waals surface area (Å²) in [5, 5.41) is 13.0. The van der Waals surface area contributed by atoms with Crippen LogP contribution in [0.3, 0.4) is 0 Å². The number of carbonyl (C=O) groups is 1. The number of anilines is 1. The van der Waals surface area contributed by atoms with Gasteiger partial charge in [0.05, 0.1) is 23.1 Å². The lowest BCUT2D eigenvalue weighted by Crippen LogP contribution is -2.01. The summed E-state index contributed by atoms with van der Waals surface area (Å²) >= 11 is 1.57. The van der Waals surface area contributed by atoms with Gasteiger partial charge in [-0.3, -0.25) is 4.98 Å². The number of hydrogen-bond donors (Lipinski definition) is 2. The van der Waals surface area contributed by atoms with Gasteiger partial charge in [-0.15, -0.1) is 11.3 Å². The van der Waals surface area contributed by atoms with Crippen LogP contribution in [0, 0.1) is 0 Å². The van der Waals surface area contributed by atoms with Crippen LogP contribution in [0.25, 0.3) is 10.9 Å². The molecule has 0 fully saturated rings. The Morgan fingerprint density at radius 3 is 2.95 bits per heavy atom. The summed E-state index contributed by atoms with van der Waals surface area (Å²) in [7, 11) is 0. The van der Waals surface area contributed by atoms with Gasteiger partial charge in [-0.05, 0) is 24.3 Å². The Labute approximate surface area is 118 Å². The summed E-state index contributed by atoms with van der Waals surface area (Å²) in [6, 6.07) is 8.65. The second kappa shape index (κ2) is 5.26. The van der Waals surface area contributed by atoms with Gasteiger partial charge in [0, 0.05) is 16.5 Å². The van der Waals surface area contributed by atoms with Crippen LogP contribution < -0.4 is 5.32 Å². The van der Waals surface area contributed by atoms with E-state index in [-0.39, 0.29) is 5.56 Å². The lowest BCUT2D eigenvalue weighted by molar-refractivity contribution is 0.0699. The maximum atomic E-state index is 11.1. The van der Waals surface area contributed by atoms with Gasteiger partial charge in [-0.25, -0.2) is 9.78 Å². The molecule has 3 rings (SSSR count). The van der Waals surface area contributed by atoms with E-state index in [1.807, 2.05) is 0 Å². The summed E-state index contributed by atoms with van der Waals surface area (Å²) < 4.78 is 0. The van der Waals surface area contributed by atoms with Crippen LogP contribution in [0.1, 0.15) is 15.2 Å². The van der Waals surface area contributed by atoms with Gasteiger partial charge in [0.25, 0.3) is 0 Å². The normalized spacial score (nSPS) is 10.6. The average molecular weight is 285 g/mol. The Kier molecular flexibility index (Phi) is 3.30. The monoisotopic (exact) mass is 285 g/mol. The number of nitrogens with one attached hydrogen (secondary N) is 1. The van der Waals surface area contributed by atoms with Crippen molar-refractivity contribution in [3.8, 4) is 0 Å². The SMILES string of the molecule is O=C(O)c1cccc2nc(NCc3cncs3)ccc12. The zero-order valence-electron chi connectivity index (χ0n) is 10.4. The molecule has 0 spiro atoms. The first-order chi connectivity index (χ1) is 9.74. The number of carboxylic acid groups (broad SMARTS) is 1. The Bertz CT molecular complexity index is 756. The second-order valence-electron chi connectivity index (χ2n) is 4.20. The highest BCUT2D eigenvalue weighted by Crippen LogP contribution is 2.20. The van der Waals surface area contributed by atoms with Gasteiger partial charge in [0.1, 0.15) is 5.82 Å². The number of rotatable bonds is 4. The van der Waals surface area contributed by atoms with Crippen molar-refractivity contribution in [3.63, 3.8) is 0 Å². The summed E-state index contributed by atoms with van der Waals surface area (Å²) in [5.74, 6) is -0.226. The standard InChI is InChI=1S/C14H11N3O2S/c18-14(19)11-2-1-3-12-10(11)4-5-13(17-12)16-7-9-6-15-8-20-9/h1-6,8H,7H2,(H,16,17)(H,18,19). The highest BCUT2D eigenvalue weighted by molar-refractivity contribution is 7.09. The number of aromatic nitrogens is 2. The predicted octanol–water partition coefficient (Wildman–Crippen LogP) is 3.00. The van der Waals surface area contributed by atoms with E-state index in [4.69, 9.17) is 5.11 Å². The number of thiazole rings is 1. The summed E-state index contributed by atoms with van der Waals surface area (Å²) in [6.07, 6.45) is 1.81. The number of nitrogens with zero attached hydrogens (tertiary/aromatic N) is 2. The minimum atomic E-state index is -0.942. The minimum Gasteiger partial charge on any atom is -0.478 e. The fourth-order valence-electron chi connectivity index (χ4n) is 1.95. The van der Waals surface area contributed by atoms with Crippen molar-refractivity contribution < 1.29 is 9.90 Å². The van der Waals surface area contributed by atoms with Crippen molar-refractivity contribution in [1.29, 1.82) is 0 Å². The first kappa shape index (κ1) is 12.6. The van der Waals surface area contributed by atoms with Crippen molar-refractivity contribution in [2.24, 2.45) is 0 Å². The highest BCUT2D eigenvalue weighted by atomic mass is 32.1. The fraction of sp³-hybridized carbons (Fsp3) is 0.0714. The molecule has 2 aromatic heterocycles. The van der Waals surface area contributed by atoms with Crippen molar-refractivity contribution in [2.75, 3.05) is 5.32 Å². The van der Waals surface area contributed by atoms with Crippen molar-refractivity contribution >= 4 is 34.0 Å². The van der Waals surface area contributed by atoms with Gasteiger partial charge in [0.15, 0.2) is 0 Å². The lowest BCUT2D eigenvalue weighted by atomic mass is 10.1. The maximum Gasteiger partial charge on any atom is 0.336 e. The first-order valence-electron chi connectivity index (χ1n) is 5.98. The van der Waals surface area contributed by atoms with Crippen LogP contribution in [0.4, 0.5) is 5.82 Å². The van der Waals surface area contributed by atoms with Crippen LogP contribution in [-0.4, -0.2) is 21.0 Å². The molecular weight excluding hydrogens is 274 g/mol. The summed E-state index contributed by atoms with van der Waals surface area (Å²) in [6.45, 7) is 0.655. The molecule has 0 radical (unpaired) electrons. The number of benzene rings is 1. The first-order valence-corrected chi connectivity index (χ1v) is 6.86. The van der Waals surface area contributed by atoms with Crippen LogP contribution in [-0.2, 0) is 6.54 Å². The Balaban J connectivity index is 1.89. The molecule has 100 valence electrons.